The number of nitrogens with one attached hydrogen (secondary N) is 1. The van der Waals surface area contributed by atoms with Crippen molar-refractivity contribution in [3.8, 4) is 17.0 Å². The average molecular weight is 474 g/mol. The molecule has 0 saturated carbocycles. The van der Waals surface area contributed by atoms with E-state index in [1.807, 2.05) is 79.7 Å². The van der Waals surface area contributed by atoms with Crippen molar-refractivity contribution in [1.82, 2.24) is 10.4 Å². The normalized spacial score (nSPS) is 11.1. The van der Waals surface area contributed by atoms with Gasteiger partial charge in [0.25, 0.3) is 5.91 Å². The van der Waals surface area contributed by atoms with E-state index in [1.54, 1.807) is 13.3 Å². The van der Waals surface area contributed by atoms with Crippen molar-refractivity contribution in [3.63, 3.8) is 0 Å². The summed E-state index contributed by atoms with van der Waals surface area (Å²) >= 11 is 3.45. The minimum absolute atomic E-state index is 0.291. The lowest BCUT2D eigenvalue weighted by atomic mass is 10.0. The lowest BCUT2D eigenvalue weighted by Gasteiger charge is -2.10. The highest BCUT2D eigenvalue weighted by atomic mass is 79.9. The number of carbonyl (C=O) groups excluding carboxylic acids is 1. The van der Waals surface area contributed by atoms with Crippen LogP contribution in [0.5, 0.6) is 5.75 Å². The Bertz CT molecular complexity index is 1270. The second-order valence-electron chi connectivity index (χ2n) is 7.05. The minimum atomic E-state index is -0.291. The summed E-state index contributed by atoms with van der Waals surface area (Å²) in [5, 5.41) is 4.91. The number of aromatic nitrogens is 1. The number of pyridine rings is 1. The first kappa shape index (κ1) is 20.8. The number of rotatable bonds is 5. The van der Waals surface area contributed by atoms with E-state index in [0.29, 0.717) is 5.56 Å². The zero-order valence-electron chi connectivity index (χ0n) is 17.1. The summed E-state index contributed by atoms with van der Waals surface area (Å²) in [7, 11) is 1.62. The molecule has 0 aliphatic heterocycles. The van der Waals surface area contributed by atoms with Crippen molar-refractivity contribution in [3.05, 3.63) is 94.0 Å². The number of methoxy groups -OCH3 is 1. The molecular weight excluding hydrogens is 454 g/mol. The number of aryl methyl sites for hydroxylation is 1. The first-order valence-electron chi connectivity index (χ1n) is 9.68. The number of nitrogens with zero attached hydrogens (tertiary/aromatic N) is 2. The highest BCUT2D eigenvalue weighted by Gasteiger charge is 2.14. The molecular formula is C25H20BrN3O2. The van der Waals surface area contributed by atoms with Gasteiger partial charge < -0.3 is 4.74 Å². The van der Waals surface area contributed by atoms with Gasteiger partial charge >= 0.3 is 0 Å². The van der Waals surface area contributed by atoms with Crippen LogP contribution in [0.15, 0.2) is 82.4 Å². The molecule has 1 heterocycles. The standard InChI is InChI=1S/C25H20BrN3O2/c1-16-3-12-23-21(13-16)22(14-24(28-23)18-6-8-19(26)9-7-18)25(30)29-27-15-17-4-10-20(31-2)11-5-17/h3-15H,1-2H3,(H,29,30). The van der Waals surface area contributed by atoms with Gasteiger partial charge in [0.05, 0.1) is 30.1 Å². The molecule has 0 aliphatic carbocycles. The molecule has 0 bridgehead atoms. The van der Waals surface area contributed by atoms with Crippen molar-refractivity contribution in [2.75, 3.05) is 7.11 Å². The van der Waals surface area contributed by atoms with E-state index in [9.17, 15) is 4.79 Å². The molecule has 4 aromatic rings. The van der Waals surface area contributed by atoms with Crippen LogP contribution in [0.25, 0.3) is 22.2 Å². The van der Waals surface area contributed by atoms with Crippen LogP contribution < -0.4 is 10.2 Å². The molecule has 0 unspecified atom stereocenters. The third-order valence-corrected chi connectivity index (χ3v) is 5.37. The van der Waals surface area contributed by atoms with E-state index in [1.165, 1.54) is 0 Å². The third-order valence-electron chi connectivity index (χ3n) is 4.84. The van der Waals surface area contributed by atoms with Gasteiger partial charge in [0.15, 0.2) is 0 Å². The zero-order valence-corrected chi connectivity index (χ0v) is 18.7. The highest BCUT2D eigenvalue weighted by molar-refractivity contribution is 9.10. The largest absolute Gasteiger partial charge is 0.497 e. The fourth-order valence-corrected chi connectivity index (χ4v) is 3.48. The summed E-state index contributed by atoms with van der Waals surface area (Å²) < 4.78 is 6.14. The molecule has 3 aromatic carbocycles. The van der Waals surface area contributed by atoms with Gasteiger partial charge in [0, 0.05) is 15.4 Å². The van der Waals surface area contributed by atoms with Crippen molar-refractivity contribution in [2.24, 2.45) is 5.10 Å². The van der Waals surface area contributed by atoms with E-state index >= 15 is 0 Å². The van der Waals surface area contributed by atoms with E-state index in [-0.39, 0.29) is 5.91 Å². The molecule has 0 radical (unpaired) electrons. The van der Waals surface area contributed by atoms with Crippen LogP contribution in [-0.2, 0) is 0 Å². The Morgan fingerprint density at radius 3 is 2.48 bits per heavy atom. The fourth-order valence-electron chi connectivity index (χ4n) is 3.21. The Balaban J connectivity index is 1.66. The Morgan fingerprint density at radius 2 is 1.77 bits per heavy atom. The number of hydrogen-bond donors (Lipinski definition) is 1. The molecule has 31 heavy (non-hydrogen) atoms. The fraction of sp³-hybridized carbons (Fsp3) is 0.0800. The summed E-state index contributed by atoms with van der Waals surface area (Å²) in [4.78, 5) is 17.8. The first-order valence-corrected chi connectivity index (χ1v) is 10.5. The van der Waals surface area contributed by atoms with Gasteiger partial charge in [-0.15, -0.1) is 0 Å². The molecule has 4 rings (SSSR count). The predicted molar refractivity (Wildman–Crippen MR) is 128 cm³/mol. The van der Waals surface area contributed by atoms with Crippen LogP contribution in [-0.4, -0.2) is 24.2 Å². The smallest absolute Gasteiger partial charge is 0.272 e. The minimum Gasteiger partial charge on any atom is -0.497 e. The number of hydrogen-bond acceptors (Lipinski definition) is 4. The molecule has 0 atom stereocenters. The molecule has 0 spiro atoms. The predicted octanol–water partition coefficient (Wildman–Crippen LogP) is 5.75. The number of carbonyl (C=O) groups is 1. The first-order chi connectivity index (χ1) is 15.0. The molecule has 6 heteroatoms. The van der Waals surface area contributed by atoms with Crippen LogP contribution in [0, 0.1) is 6.92 Å². The summed E-state index contributed by atoms with van der Waals surface area (Å²) in [6.45, 7) is 1.99. The van der Waals surface area contributed by atoms with E-state index in [2.05, 4.69) is 26.5 Å². The highest BCUT2D eigenvalue weighted by Crippen LogP contribution is 2.26. The number of ether oxygens (including phenoxy) is 1. The van der Waals surface area contributed by atoms with Crippen LogP contribution in [0.1, 0.15) is 21.5 Å². The number of amides is 1. The van der Waals surface area contributed by atoms with Gasteiger partial charge in [-0.05, 0) is 67.1 Å². The van der Waals surface area contributed by atoms with Gasteiger partial charge in [-0.1, -0.05) is 39.7 Å². The number of hydrazone groups is 1. The molecule has 5 nitrogen and oxygen atoms in total. The van der Waals surface area contributed by atoms with Gasteiger partial charge in [-0.2, -0.15) is 5.10 Å². The lowest BCUT2D eigenvalue weighted by Crippen LogP contribution is -2.18. The lowest BCUT2D eigenvalue weighted by molar-refractivity contribution is 0.0956. The van der Waals surface area contributed by atoms with Gasteiger partial charge in [-0.3, -0.25) is 4.79 Å². The number of fused-ring (bicyclic) bond motifs is 1. The number of halogens is 1. The van der Waals surface area contributed by atoms with Gasteiger partial charge in [-0.25, -0.2) is 10.4 Å². The van der Waals surface area contributed by atoms with Crippen LogP contribution in [0.2, 0.25) is 0 Å². The van der Waals surface area contributed by atoms with E-state index < -0.39 is 0 Å². The summed E-state index contributed by atoms with van der Waals surface area (Å²) in [6, 6.07) is 23.0. The van der Waals surface area contributed by atoms with E-state index in [0.717, 1.165) is 43.5 Å². The average Bonchev–Trinajstić information content (AvgIpc) is 2.79. The van der Waals surface area contributed by atoms with Crippen molar-refractivity contribution < 1.29 is 9.53 Å². The molecule has 0 fully saturated rings. The quantitative estimate of drug-likeness (QED) is 0.296. The van der Waals surface area contributed by atoms with Crippen molar-refractivity contribution >= 4 is 39.0 Å². The van der Waals surface area contributed by atoms with Gasteiger partial charge in [0.1, 0.15) is 5.75 Å². The Morgan fingerprint density at radius 1 is 1.03 bits per heavy atom. The summed E-state index contributed by atoms with van der Waals surface area (Å²) in [5.41, 5.74) is 7.50. The summed E-state index contributed by atoms with van der Waals surface area (Å²) in [5.74, 6) is 0.474. The molecule has 0 aliphatic rings. The maximum atomic E-state index is 13.0. The van der Waals surface area contributed by atoms with E-state index in [4.69, 9.17) is 9.72 Å². The second kappa shape index (κ2) is 9.10. The molecule has 1 amide bonds. The maximum absolute atomic E-state index is 13.0. The SMILES string of the molecule is COc1ccc(C=NNC(=O)c2cc(-c3ccc(Br)cc3)nc3ccc(C)cc23)cc1. The number of benzene rings is 3. The monoisotopic (exact) mass is 473 g/mol. The molecule has 1 N–H and O–H groups in total. The van der Waals surface area contributed by atoms with Crippen molar-refractivity contribution in [2.45, 2.75) is 6.92 Å². The third kappa shape index (κ3) is 4.81. The summed E-state index contributed by atoms with van der Waals surface area (Å²) in [6.07, 6.45) is 1.60. The van der Waals surface area contributed by atoms with Crippen molar-refractivity contribution in [1.29, 1.82) is 0 Å². The second-order valence-corrected chi connectivity index (χ2v) is 7.97. The Kier molecular flexibility index (Phi) is 6.09. The Labute approximate surface area is 188 Å². The van der Waals surface area contributed by atoms with Gasteiger partial charge in [0.2, 0.25) is 0 Å². The molecule has 0 saturated heterocycles. The maximum Gasteiger partial charge on any atom is 0.272 e. The zero-order chi connectivity index (χ0) is 21.8. The van der Waals surface area contributed by atoms with Crippen LogP contribution >= 0.6 is 15.9 Å². The Hall–Kier alpha value is -3.51. The van der Waals surface area contributed by atoms with Crippen LogP contribution in [0.4, 0.5) is 0 Å². The topological polar surface area (TPSA) is 63.6 Å². The van der Waals surface area contributed by atoms with Crippen LogP contribution in [0.3, 0.4) is 0 Å². The molecule has 154 valence electrons. The molecule has 1 aromatic heterocycles.